The SMILES string of the molecule is Cc1ccc(C)c(N=Nc2ccccc2)c1. The van der Waals surface area contributed by atoms with Crippen LogP contribution in [0.3, 0.4) is 0 Å². The third-order valence-corrected chi connectivity index (χ3v) is 2.39. The molecule has 2 heteroatoms. The number of hydrogen-bond acceptors (Lipinski definition) is 2. The fraction of sp³-hybridized carbons (Fsp3) is 0.143. The minimum atomic E-state index is 0.878. The first-order valence-corrected chi connectivity index (χ1v) is 5.30. The van der Waals surface area contributed by atoms with Crippen molar-refractivity contribution in [3.05, 3.63) is 59.7 Å². The van der Waals surface area contributed by atoms with E-state index in [2.05, 4.69) is 29.3 Å². The lowest BCUT2D eigenvalue weighted by molar-refractivity contribution is 1.20. The quantitative estimate of drug-likeness (QED) is 0.641. The van der Waals surface area contributed by atoms with Crippen LogP contribution in [0.15, 0.2) is 58.8 Å². The fourth-order valence-electron chi connectivity index (χ4n) is 1.43. The molecule has 0 saturated heterocycles. The van der Waals surface area contributed by atoms with Crippen molar-refractivity contribution in [1.82, 2.24) is 0 Å². The summed E-state index contributed by atoms with van der Waals surface area (Å²) in [5.41, 5.74) is 4.16. The Bertz CT molecular complexity index is 501. The Morgan fingerprint density at radius 3 is 2.31 bits per heavy atom. The van der Waals surface area contributed by atoms with E-state index >= 15 is 0 Å². The van der Waals surface area contributed by atoms with Crippen LogP contribution in [-0.2, 0) is 0 Å². The van der Waals surface area contributed by atoms with E-state index in [-0.39, 0.29) is 0 Å². The third-order valence-electron chi connectivity index (χ3n) is 2.39. The molecule has 0 saturated carbocycles. The fourth-order valence-corrected chi connectivity index (χ4v) is 1.43. The highest BCUT2D eigenvalue weighted by Crippen LogP contribution is 2.22. The maximum absolute atomic E-state index is 4.26. The Morgan fingerprint density at radius 1 is 0.812 bits per heavy atom. The molecule has 0 aliphatic rings. The van der Waals surface area contributed by atoms with Gasteiger partial charge in [-0.1, -0.05) is 30.3 Å². The summed E-state index contributed by atoms with van der Waals surface area (Å²) in [7, 11) is 0. The number of benzene rings is 2. The van der Waals surface area contributed by atoms with Crippen LogP contribution in [0.5, 0.6) is 0 Å². The Kier molecular flexibility index (Phi) is 3.10. The number of rotatable bonds is 2. The van der Waals surface area contributed by atoms with Gasteiger partial charge in [0.15, 0.2) is 0 Å². The van der Waals surface area contributed by atoms with E-state index in [1.165, 1.54) is 5.56 Å². The van der Waals surface area contributed by atoms with Gasteiger partial charge in [-0.05, 0) is 43.2 Å². The molecule has 0 heterocycles. The van der Waals surface area contributed by atoms with Crippen molar-refractivity contribution in [3.8, 4) is 0 Å². The van der Waals surface area contributed by atoms with Gasteiger partial charge >= 0.3 is 0 Å². The average molecular weight is 210 g/mol. The van der Waals surface area contributed by atoms with Crippen molar-refractivity contribution >= 4 is 11.4 Å². The lowest BCUT2D eigenvalue weighted by Gasteiger charge is -1.99. The van der Waals surface area contributed by atoms with E-state index in [0.717, 1.165) is 16.9 Å². The molecule has 0 spiro atoms. The van der Waals surface area contributed by atoms with Crippen LogP contribution in [0.1, 0.15) is 11.1 Å². The van der Waals surface area contributed by atoms with E-state index in [9.17, 15) is 0 Å². The molecule has 2 aromatic rings. The van der Waals surface area contributed by atoms with Crippen molar-refractivity contribution in [2.24, 2.45) is 10.2 Å². The van der Waals surface area contributed by atoms with Gasteiger partial charge in [-0.2, -0.15) is 10.2 Å². The molecule has 2 rings (SSSR count). The topological polar surface area (TPSA) is 24.7 Å². The molecule has 0 aliphatic carbocycles. The van der Waals surface area contributed by atoms with Gasteiger partial charge < -0.3 is 0 Å². The summed E-state index contributed by atoms with van der Waals surface area (Å²) in [6.45, 7) is 4.10. The lowest BCUT2D eigenvalue weighted by atomic mass is 10.1. The van der Waals surface area contributed by atoms with Crippen molar-refractivity contribution in [1.29, 1.82) is 0 Å². The molecular formula is C14H14N2. The lowest BCUT2D eigenvalue weighted by Crippen LogP contribution is -1.75. The van der Waals surface area contributed by atoms with Crippen LogP contribution in [-0.4, -0.2) is 0 Å². The Balaban J connectivity index is 2.27. The van der Waals surface area contributed by atoms with Crippen molar-refractivity contribution in [3.63, 3.8) is 0 Å². The summed E-state index contributed by atoms with van der Waals surface area (Å²) in [5, 5.41) is 8.47. The van der Waals surface area contributed by atoms with Crippen molar-refractivity contribution < 1.29 is 0 Å². The summed E-state index contributed by atoms with van der Waals surface area (Å²) in [4.78, 5) is 0. The molecule has 2 nitrogen and oxygen atoms in total. The maximum atomic E-state index is 4.26. The molecule has 0 bridgehead atoms. The van der Waals surface area contributed by atoms with Gasteiger partial charge in [-0.15, -0.1) is 0 Å². The molecule has 0 aliphatic heterocycles. The van der Waals surface area contributed by atoms with Gasteiger partial charge in [-0.25, -0.2) is 0 Å². The monoisotopic (exact) mass is 210 g/mol. The molecule has 16 heavy (non-hydrogen) atoms. The van der Waals surface area contributed by atoms with Gasteiger partial charge in [0.05, 0.1) is 11.4 Å². The highest BCUT2D eigenvalue weighted by atomic mass is 15.1. The molecule has 0 amide bonds. The predicted octanol–water partition coefficient (Wildman–Crippen LogP) is 4.72. The summed E-state index contributed by atoms with van der Waals surface area (Å²) in [6.07, 6.45) is 0. The minimum Gasteiger partial charge on any atom is -0.151 e. The van der Waals surface area contributed by atoms with Crippen molar-refractivity contribution in [2.45, 2.75) is 13.8 Å². The predicted molar refractivity (Wildman–Crippen MR) is 66.5 cm³/mol. The first-order valence-electron chi connectivity index (χ1n) is 5.30. The average Bonchev–Trinajstić information content (AvgIpc) is 2.32. The molecule has 0 radical (unpaired) electrons. The molecule has 2 aromatic carbocycles. The Labute approximate surface area is 95.7 Å². The van der Waals surface area contributed by atoms with E-state index in [0.29, 0.717) is 0 Å². The smallest absolute Gasteiger partial charge is 0.0888 e. The van der Waals surface area contributed by atoms with Gasteiger partial charge in [0.25, 0.3) is 0 Å². The number of nitrogens with zero attached hydrogens (tertiary/aromatic N) is 2. The Morgan fingerprint density at radius 2 is 1.56 bits per heavy atom. The molecule has 0 atom stereocenters. The summed E-state index contributed by atoms with van der Waals surface area (Å²) in [5.74, 6) is 0. The number of azo groups is 1. The second kappa shape index (κ2) is 4.71. The zero-order valence-electron chi connectivity index (χ0n) is 9.51. The van der Waals surface area contributed by atoms with E-state index < -0.39 is 0 Å². The van der Waals surface area contributed by atoms with Crippen LogP contribution >= 0.6 is 0 Å². The van der Waals surface area contributed by atoms with Gasteiger partial charge in [0.1, 0.15) is 0 Å². The van der Waals surface area contributed by atoms with Crippen LogP contribution in [0.4, 0.5) is 11.4 Å². The van der Waals surface area contributed by atoms with Gasteiger partial charge in [0, 0.05) is 0 Å². The van der Waals surface area contributed by atoms with Crippen LogP contribution < -0.4 is 0 Å². The molecular weight excluding hydrogens is 196 g/mol. The third kappa shape index (κ3) is 2.54. The molecule has 0 unspecified atom stereocenters. The highest BCUT2D eigenvalue weighted by Gasteiger charge is 1.96. The molecule has 0 aromatic heterocycles. The number of hydrogen-bond donors (Lipinski definition) is 0. The van der Waals surface area contributed by atoms with Crippen molar-refractivity contribution in [2.75, 3.05) is 0 Å². The molecule has 0 N–H and O–H groups in total. The second-order valence-corrected chi connectivity index (χ2v) is 3.83. The zero-order valence-corrected chi connectivity index (χ0v) is 9.51. The first kappa shape index (κ1) is 10.6. The highest BCUT2D eigenvalue weighted by molar-refractivity contribution is 5.47. The van der Waals surface area contributed by atoms with E-state index in [1.54, 1.807) is 0 Å². The largest absolute Gasteiger partial charge is 0.151 e. The molecule has 80 valence electrons. The van der Waals surface area contributed by atoms with Gasteiger partial charge in [0.2, 0.25) is 0 Å². The summed E-state index contributed by atoms with van der Waals surface area (Å²) < 4.78 is 0. The summed E-state index contributed by atoms with van der Waals surface area (Å²) >= 11 is 0. The first-order chi connectivity index (χ1) is 7.75. The normalized spacial score (nSPS) is 10.9. The Hall–Kier alpha value is -1.96. The zero-order chi connectivity index (χ0) is 11.4. The van der Waals surface area contributed by atoms with E-state index in [4.69, 9.17) is 0 Å². The van der Waals surface area contributed by atoms with Crippen LogP contribution in [0.2, 0.25) is 0 Å². The summed E-state index contributed by atoms with van der Waals surface area (Å²) in [6, 6.07) is 15.9. The maximum Gasteiger partial charge on any atom is 0.0888 e. The standard InChI is InChI=1S/C14H14N2/c1-11-8-9-12(2)14(10-11)16-15-13-6-4-3-5-7-13/h3-10H,1-2H3. The van der Waals surface area contributed by atoms with Gasteiger partial charge in [-0.3, -0.25) is 0 Å². The second-order valence-electron chi connectivity index (χ2n) is 3.83. The van der Waals surface area contributed by atoms with Crippen LogP contribution in [0, 0.1) is 13.8 Å². The molecule has 0 fully saturated rings. The number of aryl methyl sites for hydroxylation is 2. The minimum absolute atomic E-state index is 0.878. The van der Waals surface area contributed by atoms with Crippen LogP contribution in [0.25, 0.3) is 0 Å². The van der Waals surface area contributed by atoms with E-state index in [1.807, 2.05) is 43.3 Å².